The summed E-state index contributed by atoms with van der Waals surface area (Å²) in [5, 5.41) is 6.51. The first-order valence-corrected chi connectivity index (χ1v) is 13.7. The molecule has 0 radical (unpaired) electrons. The molecule has 0 bridgehead atoms. The summed E-state index contributed by atoms with van der Waals surface area (Å²) in [4.78, 5) is 13.3. The summed E-state index contributed by atoms with van der Waals surface area (Å²) in [6.45, 7) is 12.7. The number of nitrogens with zero attached hydrogens (tertiary/aromatic N) is 2. The number of hydrazone groups is 1. The summed E-state index contributed by atoms with van der Waals surface area (Å²) in [6.07, 6.45) is 9.40. The molecule has 36 heavy (non-hydrogen) atoms. The Kier molecular flexibility index (Phi) is 7.53. The number of carbonyl (C=O) groups excluding carboxylic acids is 1. The first-order chi connectivity index (χ1) is 17.0. The van der Waals surface area contributed by atoms with Gasteiger partial charge in [-0.2, -0.15) is 5.10 Å². The molecule has 5 N–H and O–H groups in total. The van der Waals surface area contributed by atoms with Crippen molar-refractivity contribution in [1.29, 1.82) is 0 Å². The second-order valence-electron chi connectivity index (χ2n) is 12.4. The van der Waals surface area contributed by atoms with Crippen molar-refractivity contribution < 1.29 is 4.79 Å². The fraction of sp³-hybridized carbons (Fsp3) is 0.600. The van der Waals surface area contributed by atoms with Crippen LogP contribution in [0.2, 0.25) is 0 Å². The predicted octanol–water partition coefficient (Wildman–Crippen LogP) is 5.74. The maximum atomic E-state index is 13.3. The molecule has 1 amide bonds. The van der Waals surface area contributed by atoms with E-state index in [4.69, 9.17) is 11.6 Å². The summed E-state index contributed by atoms with van der Waals surface area (Å²) in [5.74, 6) is 6.16. The number of aromatic nitrogens is 1. The van der Waals surface area contributed by atoms with Crippen molar-refractivity contribution in [2.24, 2.45) is 22.6 Å². The minimum Gasteiger partial charge on any atom is -0.386 e. The van der Waals surface area contributed by atoms with Crippen LogP contribution in [-0.2, 0) is 17.4 Å². The first-order valence-electron chi connectivity index (χ1n) is 13.7. The number of nitrogens with two attached hydrogens (primary N) is 2. The highest BCUT2D eigenvalue weighted by molar-refractivity contribution is 5.97. The van der Waals surface area contributed by atoms with Gasteiger partial charge in [0.1, 0.15) is 5.84 Å². The molecule has 6 heteroatoms. The average molecular weight is 492 g/mol. The Bertz CT molecular complexity index is 1100. The van der Waals surface area contributed by atoms with Gasteiger partial charge in [0.2, 0.25) is 0 Å². The Morgan fingerprint density at radius 1 is 1.14 bits per heavy atom. The van der Waals surface area contributed by atoms with E-state index in [0.717, 1.165) is 23.5 Å². The molecule has 2 aliphatic carbocycles. The largest absolute Gasteiger partial charge is 0.386 e. The number of rotatable bonds is 8. The van der Waals surface area contributed by atoms with Gasteiger partial charge >= 0.3 is 0 Å². The SMILES string of the molecule is Cc1c(C(=O)NCC/C(N)=N/N)cc(-c2cc(C(C)(C)C)cc(C3(C)CC3)c2)n1CC1CCCCC1. The van der Waals surface area contributed by atoms with Crippen LogP contribution in [0.15, 0.2) is 29.4 Å². The molecule has 1 heterocycles. The van der Waals surface area contributed by atoms with Crippen LogP contribution < -0.4 is 16.9 Å². The highest BCUT2D eigenvalue weighted by atomic mass is 16.1. The lowest BCUT2D eigenvalue weighted by Gasteiger charge is -2.26. The minimum atomic E-state index is -0.0673. The zero-order chi connectivity index (χ0) is 26.1. The lowest BCUT2D eigenvalue weighted by molar-refractivity contribution is 0.0954. The third-order valence-electron chi connectivity index (χ3n) is 8.40. The summed E-state index contributed by atoms with van der Waals surface area (Å²) in [5.41, 5.74) is 13.0. The van der Waals surface area contributed by atoms with Crippen molar-refractivity contribution in [3.05, 3.63) is 46.6 Å². The first kappa shape index (κ1) is 26.3. The van der Waals surface area contributed by atoms with Crippen LogP contribution in [0, 0.1) is 12.8 Å². The van der Waals surface area contributed by atoms with Gasteiger partial charge in [-0.25, -0.2) is 0 Å². The van der Waals surface area contributed by atoms with Crippen LogP contribution in [-0.4, -0.2) is 22.9 Å². The van der Waals surface area contributed by atoms with Crippen molar-refractivity contribution in [2.75, 3.05) is 6.54 Å². The second-order valence-corrected chi connectivity index (χ2v) is 12.4. The van der Waals surface area contributed by atoms with Crippen molar-refractivity contribution in [3.8, 4) is 11.3 Å². The van der Waals surface area contributed by atoms with E-state index in [-0.39, 0.29) is 16.7 Å². The van der Waals surface area contributed by atoms with Crippen LogP contribution in [0.25, 0.3) is 11.3 Å². The van der Waals surface area contributed by atoms with Gasteiger partial charge in [-0.05, 0) is 84.2 Å². The third-order valence-corrected chi connectivity index (χ3v) is 8.40. The Labute approximate surface area is 216 Å². The molecule has 0 spiro atoms. The molecule has 1 aromatic carbocycles. The molecular formula is C30H45N5O. The lowest BCUT2D eigenvalue weighted by atomic mass is 9.82. The molecule has 196 valence electrons. The smallest absolute Gasteiger partial charge is 0.253 e. The monoisotopic (exact) mass is 491 g/mol. The van der Waals surface area contributed by atoms with Crippen molar-refractivity contribution in [1.82, 2.24) is 9.88 Å². The van der Waals surface area contributed by atoms with Crippen molar-refractivity contribution in [3.63, 3.8) is 0 Å². The number of benzene rings is 1. The van der Waals surface area contributed by atoms with Gasteiger partial charge in [0.05, 0.1) is 5.56 Å². The number of hydrogen-bond donors (Lipinski definition) is 3. The Morgan fingerprint density at radius 3 is 2.44 bits per heavy atom. The zero-order valence-corrected chi connectivity index (χ0v) is 22.9. The summed E-state index contributed by atoms with van der Waals surface area (Å²) >= 11 is 0. The molecule has 2 fully saturated rings. The highest BCUT2D eigenvalue weighted by Crippen LogP contribution is 2.49. The number of amidine groups is 1. The Hall–Kier alpha value is -2.76. The number of amides is 1. The molecule has 6 nitrogen and oxygen atoms in total. The van der Waals surface area contributed by atoms with Gasteiger partial charge < -0.3 is 21.5 Å². The predicted molar refractivity (Wildman–Crippen MR) is 149 cm³/mol. The quantitative estimate of drug-likeness (QED) is 0.190. The van der Waals surface area contributed by atoms with Crippen LogP contribution >= 0.6 is 0 Å². The van der Waals surface area contributed by atoms with Crippen LogP contribution in [0.1, 0.15) is 106 Å². The van der Waals surface area contributed by atoms with Gasteiger partial charge in [-0.15, -0.1) is 0 Å². The maximum absolute atomic E-state index is 13.3. The highest BCUT2D eigenvalue weighted by Gasteiger charge is 2.40. The molecule has 2 saturated carbocycles. The van der Waals surface area contributed by atoms with E-state index in [1.54, 1.807) is 0 Å². The number of hydrogen-bond acceptors (Lipinski definition) is 3. The second kappa shape index (κ2) is 10.3. The summed E-state index contributed by atoms with van der Waals surface area (Å²) in [7, 11) is 0. The third kappa shape index (κ3) is 5.79. The standard InChI is InChI=1S/C30H45N5O/c1-20-25(28(36)33-14-11-27(31)34-32)18-26(35(20)19-21-9-7-6-8-10-21)22-15-23(29(2,3)4)17-24(16-22)30(5)12-13-30/h15-18,21H,6-14,19,32H2,1-5H3,(H2,31,34)(H,33,36). The van der Waals surface area contributed by atoms with Gasteiger partial charge in [-0.3, -0.25) is 4.79 Å². The molecule has 0 unspecified atom stereocenters. The van der Waals surface area contributed by atoms with Gasteiger partial charge in [0.25, 0.3) is 5.91 Å². The van der Waals surface area contributed by atoms with Gasteiger partial charge in [0.15, 0.2) is 0 Å². The van der Waals surface area contributed by atoms with E-state index < -0.39 is 0 Å². The molecule has 0 atom stereocenters. The normalized spacial score (nSPS) is 18.3. The molecular weight excluding hydrogens is 446 g/mol. The summed E-state index contributed by atoms with van der Waals surface area (Å²) in [6, 6.07) is 9.25. The van der Waals surface area contributed by atoms with E-state index in [1.165, 1.54) is 61.6 Å². The minimum absolute atomic E-state index is 0.0521. The van der Waals surface area contributed by atoms with Gasteiger partial charge in [-0.1, -0.05) is 53.0 Å². The Balaban J connectivity index is 1.75. The van der Waals surface area contributed by atoms with E-state index in [2.05, 4.69) is 73.9 Å². The maximum Gasteiger partial charge on any atom is 0.253 e. The van der Waals surface area contributed by atoms with E-state index in [9.17, 15) is 4.79 Å². The lowest BCUT2D eigenvalue weighted by Crippen LogP contribution is -2.28. The van der Waals surface area contributed by atoms with Crippen molar-refractivity contribution >= 4 is 11.7 Å². The summed E-state index contributed by atoms with van der Waals surface area (Å²) < 4.78 is 2.42. The molecule has 2 aliphatic rings. The van der Waals surface area contributed by atoms with Crippen LogP contribution in [0.4, 0.5) is 0 Å². The molecule has 4 rings (SSSR count). The molecule has 0 aliphatic heterocycles. The van der Waals surface area contributed by atoms with E-state index in [1.807, 2.05) is 0 Å². The molecule has 2 aromatic rings. The fourth-order valence-corrected chi connectivity index (χ4v) is 5.47. The average Bonchev–Trinajstić information content (AvgIpc) is 3.53. The number of nitrogens with one attached hydrogen (secondary N) is 1. The van der Waals surface area contributed by atoms with Crippen LogP contribution in [0.5, 0.6) is 0 Å². The number of carbonyl (C=O) groups is 1. The molecule has 0 saturated heterocycles. The topological polar surface area (TPSA) is 98.4 Å². The Morgan fingerprint density at radius 2 is 1.83 bits per heavy atom. The van der Waals surface area contributed by atoms with Gasteiger partial charge in [0, 0.05) is 30.9 Å². The molecule has 1 aromatic heterocycles. The fourth-order valence-electron chi connectivity index (χ4n) is 5.47. The van der Waals surface area contributed by atoms with E-state index >= 15 is 0 Å². The van der Waals surface area contributed by atoms with Crippen molar-refractivity contribution in [2.45, 2.75) is 103 Å². The zero-order valence-electron chi connectivity index (χ0n) is 22.9. The van der Waals surface area contributed by atoms with Crippen LogP contribution in [0.3, 0.4) is 0 Å². The van der Waals surface area contributed by atoms with E-state index in [0.29, 0.717) is 24.7 Å².